The zero-order valence-electron chi connectivity index (χ0n) is 8.11. The fourth-order valence-corrected chi connectivity index (χ4v) is 1.90. The first-order valence-corrected chi connectivity index (χ1v) is 5.31. The summed E-state index contributed by atoms with van der Waals surface area (Å²) in [6.07, 6.45) is 3.42. The maximum absolute atomic E-state index is 11.6. The number of pyridine rings is 1. The summed E-state index contributed by atoms with van der Waals surface area (Å²) in [5.74, 6) is -0.396. The highest BCUT2D eigenvalue weighted by Crippen LogP contribution is 2.21. The summed E-state index contributed by atoms with van der Waals surface area (Å²) >= 11 is 3.38. The van der Waals surface area contributed by atoms with Crippen molar-refractivity contribution < 1.29 is 9.53 Å². The van der Waals surface area contributed by atoms with Gasteiger partial charge >= 0.3 is 5.97 Å². The van der Waals surface area contributed by atoms with Gasteiger partial charge in [0.25, 0.3) is 0 Å². The number of esters is 1. The largest absolute Gasteiger partial charge is 0.461 e. The van der Waals surface area contributed by atoms with Crippen molar-refractivity contribution in [2.24, 2.45) is 0 Å². The molecule has 15 heavy (non-hydrogen) atoms. The smallest absolute Gasteiger partial charge is 0.359 e. The van der Waals surface area contributed by atoms with E-state index in [0.29, 0.717) is 12.3 Å². The molecule has 0 amide bonds. The van der Waals surface area contributed by atoms with Crippen LogP contribution < -0.4 is 0 Å². The number of carbonyl (C=O) groups excluding carboxylic acids is 1. The van der Waals surface area contributed by atoms with Gasteiger partial charge < -0.3 is 9.14 Å². The summed E-state index contributed by atoms with van der Waals surface area (Å²) in [5, 5.41) is 0. The molecule has 0 N–H and O–H groups in total. The predicted octanol–water partition coefficient (Wildman–Crippen LogP) is 2.27. The first-order chi connectivity index (χ1) is 7.24. The lowest BCUT2D eigenvalue weighted by Gasteiger charge is -2.00. The van der Waals surface area contributed by atoms with Crippen LogP contribution in [0.1, 0.15) is 17.4 Å². The number of nitrogens with zero attached hydrogens (tertiary/aromatic N) is 2. The zero-order valence-corrected chi connectivity index (χ0v) is 9.69. The average molecular weight is 269 g/mol. The predicted molar refractivity (Wildman–Crippen MR) is 58.8 cm³/mol. The Bertz CT molecular complexity index is 507. The van der Waals surface area contributed by atoms with E-state index in [1.165, 1.54) is 0 Å². The summed E-state index contributed by atoms with van der Waals surface area (Å²) < 4.78 is 7.51. The molecule has 2 aromatic rings. The minimum Gasteiger partial charge on any atom is -0.461 e. The molecular formula is C10H9BrN2O2. The van der Waals surface area contributed by atoms with Crippen LogP contribution in [-0.4, -0.2) is 22.0 Å². The van der Waals surface area contributed by atoms with Gasteiger partial charge in [-0.3, -0.25) is 0 Å². The molecule has 2 heterocycles. The van der Waals surface area contributed by atoms with Crippen LogP contribution in [0.4, 0.5) is 0 Å². The molecular weight excluding hydrogens is 260 g/mol. The quantitative estimate of drug-likeness (QED) is 0.785. The highest BCUT2D eigenvalue weighted by Gasteiger charge is 2.15. The van der Waals surface area contributed by atoms with Gasteiger partial charge in [0, 0.05) is 10.7 Å². The van der Waals surface area contributed by atoms with Crippen molar-refractivity contribution in [1.82, 2.24) is 9.38 Å². The second-order valence-electron chi connectivity index (χ2n) is 2.93. The summed E-state index contributed by atoms with van der Waals surface area (Å²) in [6.45, 7) is 2.12. The van der Waals surface area contributed by atoms with E-state index in [4.69, 9.17) is 4.74 Å². The van der Waals surface area contributed by atoms with E-state index in [2.05, 4.69) is 20.9 Å². The summed E-state index contributed by atoms with van der Waals surface area (Å²) in [7, 11) is 0. The van der Waals surface area contributed by atoms with E-state index in [1.807, 2.05) is 18.3 Å². The topological polar surface area (TPSA) is 43.6 Å². The first-order valence-electron chi connectivity index (χ1n) is 4.52. The standard InChI is InChI=1S/C10H9BrN2O2/c1-2-15-10(14)8-9-7(11)4-3-5-13(9)6-12-8/h3-6H,2H2,1H3. The van der Waals surface area contributed by atoms with Gasteiger partial charge in [0.1, 0.15) is 6.33 Å². The Morgan fingerprint density at radius 2 is 2.47 bits per heavy atom. The zero-order chi connectivity index (χ0) is 10.8. The molecule has 0 bridgehead atoms. The molecule has 0 spiro atoms. The molecule has 0 fully saturated rings. The van der Waals surface area contributed by atoms with Crippen LogP contribution in [0.3, 0.4) is 0 Å². The second-order valence-corrected chi connectivity index (χ2v) is 3.78. The van der Waals surface area contributed by atoms with E-state index in [0.717, 1.165) is 9.99 Å². The lowest BCUT2D eigenvalue weighted by atomic mass is 10.3. The number of rotatable bonds is 2. The maximum Gasteiger partial charge on any atom is 0.359 e. The molecule has 0 aliphatic carbocycles. The minimum absolute atomic E-state index is 0.337. The van der Waals surface area contributed by atoms with Crippen molar-refractivity contribution in [2.75, 3.05) is 6.61 Å². The van der Waals surface area contributed by atoms with Crippen molar-refractivity contribution in [1.29, 1.82) is 0 Å². The Morgan fingerprint density at radius 1 is 1.67 bits per heavy atom. The second kappa shape index (κ2) is 4.02. The van der Waals surface area contributed by atoms with Crippen LogP contribution in [0.5, 0.6) is 0 Å². The number of imidazole rings is 1. The Hall–Kier alpha value is -1.36. The third-order valence-electron chi connectivity index (χ3n) is 1.98. The van der Waals surface area contributed by atoms with Crippen LogP contribution in [0.25, 0.3) is 5.52 Å². The fourth-order valence-electron chi connectivity index (χ4n) is 1.36. The van der Waals surface area contributed by atoms with Crippen molar-refractivity contribution in [3.63, 3.8) is 0 Å². The number of aromatic nitrogens is 2. The van der Waals surface area contributed by atoms with Crippen LogP contribution in [0.2, 0.25) is 0 Å². The average Bonchev–Trinajstić information content (AvgIpc) is 2.63. The van der Waals surface area contributed by atoms with Crippen LogP contribution in [-0.2, 0) is 4.74 Å². The van der Waals surface area contributed by atoms with Gasteiger partial charge in [0.15, 0.2) is 5.69 Å². The monoisotopic (exact) mass is 268 g/mol. The van der Waals surface area contributed by atoms with E-state index >= 15 is 0 Å². The van der Waals surface area contributed by atoms with Gasteiger partial charge in [0.2, 0.25) is 0 Å². The minimum atomic E-state index is -0.396. The van der Waals surface area contributed by atoms with Crippen LogP contribution >= 0.6 is 15.9 Å². The number of halogens is 1. The van der Waals surface area contributed by atoms with Gasteiger partial charge in [-0.25, -0.2) is 9.78 Å². The first kappa shape index (κ1) is 10.2. The Balaban J connectivity index is 2.57. The number of hydrogen-bond acceptors (Lipinski definition) is 3. The van der Waals surface area contributed by atoms with Gasteiger partial charge in [0.05, 0.1) is 12.1 Å². The lowest BCUT2D eigenvalue weighted by molar-refractivity contribution is 0.0522. The van der Waals surface area contributed by atoms with Crippen LogP contribution in [0.15, 0.2) is 29.1 Å². The van der Waals surface area contributed by atoms with E-state index in [-0.39, 0.29) is 0 Å². The molecule has 0 aliphatic rings. The molecule has 0 atom stereocenters. The molecule has 0 aliphatic heterocycles. The van der Waals surface area contributed by atoms with Crippen molar-refractivity contribution in [2.45, 2.75) is 6.92 Å². The van der Waals surface area contributed by atoms with Gasteiger partial charge in [-0.15, -0.1) is 0 Å². The van der Waals surface area contributed by atoms with Crippen molar-refractivity contribution in [3.8, 4) is 0 Å². The summed E-state index contributed by atoms with van der Waals surface area (Å²) in [6, 6.07) is 3.73. The molecule has 78 valence electrons. The van der Waals surface area contributed by atoms with Crippen molar-refractivity contribution in [3.05, 3.63) is 34.8 Å². The molecule has 4 nitrogen and oxygen atoms in total. The third kappa shape index (κ3) is 1.74. The summed E-state index contributed by atoms with van der Waals surface area (Å²) in [5.41, 5.74) is 1.07. The van der Waals surface area contributed by atoms with Crippen LogP contribution in [0, 0.1) is 0 Å². The number of hydrogen-bond donors (Lipinski definition) is 0. The normalized spacial score (nSPS) is 10.5. The number of fused-ring (bicyclic) bond motifs is 1. The molecule has 0 aromatic carbocycles. The molecule has 0 unspecified atom stereocenters. The Morgan fingerprint density at radius 3 is 3.20 bits per heavy atom. The molecule has 0 saturated heterocycles. The van der Waals surface area contributed by atoms with E-state index in [9.17, 15) is 4.79 Å². The summed E-state index contributed by atoms with van der Waals surface area (Å²) in [4.78, 5) is 15.6. The maximum atomic E-state index is 11.6. The Labute approximate surface area is 95.0 Å². The molecule has 2 aromatic heterocycles. The van der Waals surface area contributed by atoms with E-state index < -0.39 is 5.97 Å². The molecule has 2 rings (SSSR count). The highest BCUT2D eigenvalue weighted by atomic mass is 79.9. The SMILES string of the molecule is CCOC(=O)c1ncn2cccc(Br)c12. The third-order valence-corrected chi connectivity index (χ3v) is 2.62. The van der Waals surface area contributed by atoms with Gasteiger partial charge in [-0.05, 0) is 35.0 Å². The van der Waals surface area contributed by atoms with Gasteiger partial charge in [-0.1, -0.05) is 0 Å². The number of carbonyl (C=O) groups is 1. The Kier molecular flexibility index (Phi) is 2.73. The lowest BCUT2D eigenvalue weighted by Crippen LogP contribution is -2.05. The van der Waals surface area contributed by atoms with E-state index in [1.54, 1.807) is 17.7 Å². The van der Waals surface area contributed by atoms with Gasteiger partial charge in [-0.2, -0.15) is 0 Å². The van der Waals surface area contributed by atoms with Crippen molar-refractivity contribution >= 4 is 27.4 Å². The number of ether oxygens (including phenoxy) is 1. The highest BCUT2D eigenvalue weighted by molar-refractivity contribution is 9.10. The molecule has 0 saturated carbocycles. The fraction of sp³-hybridized carbons (Fsp3) is 0.200. The molecule has 0 radical (unpaired) electrons. The molecule has 5 heteroatoms.